The summed E-state index contributed by atoms with van der Waals surface area (Å²) < 4.78 is 43.4. The van der Waals surface area contributed by atoms with Crippen LogP contribution in [-0.2, 0) is 6.54 Å². The molecule has 2 heterocycles. The fourth-order valence-electron chi connectivity index (χ4n) is 4.53. The minimum absolute atomic E-state index is 0.0168. The second-order valence-corrected chi connectivity index (χ2v) is 9.45. The van der Waals surface area contributed by atoms with Crippen LogP contribution in [-0.4, -0.2) is 21.9 Å². The average Bonchev–Trinajstić information content (AvgIpc) is 3.23. The molecule has 2 atom stereocenters. The number of halogens is 4. The van der Waals surface area contributed by atoms with Crippen LogP contribution in [0.15, 0.2) is 84.9 Å². The van der Waals surface area contributed by atoms with Crippen LogP contribution in [0.4, 0.5) is 24.7 Å². The van der Waals surface area contributed by atoms with E-state index in [9.17, 15) is 18.0 Å². The number of carbonyl (C=O) groups is 1. The van der Waals surface area contributed by atoms with E-state index in [0.29, 0.717) is 11.3 Å². The van der Waals surface area contributed by atoms with Crippen LogP contribution >= 0.6 is 11.6 Å². The lowest BCUT2D eigenvalue weighted by atomic mass is 9.96. The molecule has 37 heavy (non-hydrogen) atoms. The maximum atomic E-state index is 14.2. The van der Waals surface area contributed by atoms with Crippen LogP contribution in [0.3, 0.4) is 0 Å². The van der Waals surface area contributed by atoms with E-state index in [1.165, 1.54) is 4.90 Å². The first-order chi connectivity index (χ1) is 17.7. The molecule has 190 valence electrons. The van der Waals surface area contributed by atoms with Crippen molar-refractivity contribution in [2.75, 3.05) is 10.2 Å². The van der Waals surface area contributed by atoms with Crippen molar-refractivity contribution in [3.63, 3.8) is 0 Å². The second kappa shape index (κ2) is 9.94. The predicted octanol–water partition coefficient (Wildman–Crippen LogP) is 7.35. The summed E-state index contributed by atoms with van der Waals surface area (Å²) >= 11 is 6.60. The van der Waals surface area contributed by atoms with Crippen LogP contribution in [0.25, 0.3) is 0 Å². The predicted molar refractivity (Wildman–Crippen MR) is 138 cm³/mol. The number of rotatable bonds is 5. The van der Waals surface area contributed by atoms with Crippen molar-refractivity contribution < 1.29 is 18.0 Å². The van der Waals surface area contributed by atoms with Crippen LogP contribution in [0.2, 0.25) is 5.02 Å². The van der Waals surface area contributed by atoms with Gasteiger partial charge >= 0.3 is 6.18 Å². The van der Waals surface area contributed by atoms with Gasteiger partial charge in [0.2, 0.25) is 0 Å². The summed E-state index contributed by atoms with van der Waals surface area (Å²) in [5.41, 5.74) is 2.90. The Balaban J connectivity index is 1.55. The summed E-state index contributed by atoms with van der Waals surface area (Å²) in [5, 5.41) is 7.11. The molecule has 0 spiro atoms. The molecular weight excluding hydrogens is 501 g/mol. The highest BCUT2D eigenvalue weighted by molar-refractivity contribution is 6.36. The zero-order valence-electron chi connectivity index (χ0n) is 19.9. The Morgan fingerprint density at radius 1 is 1.03 bits per heavy atom. The van der Waals surface area contributed by atoms with Gasteiger partial charge in [-0.15, -0.1) is 0 Å². The topological polar surface area (TPSA) is 50.2 Å². The van der Waals surface area contributed by atoms with Gasteiger partial charge in [0.1, 0.15) is 10.8 Å². The number of para-hydroxylation sites is 1. The molecule has 0 saturated carbocycles. The Morgan fingerprint density at radius 3 is 2.27 bits per heavy atom. The summed E-state index contributed by atoms with van der Waals surface area (Å²) in [6.45, 7) is 2.11. The third kappa shape index (κ3) is 5.06. The SMILES string of the molecule is Cc1ccc([C@H]2C[C@H](C(F)(F)F)n3nc(C(=O)N(Cc4ccccc4)c4ccccc4)c(Cl)c3N2)cc1. The highest BCUT2D eigenvalue weighted by atomic mass is 35.5. The highest BCUT2D eigenvalue weighted by Crippen LogP contribution is 2.46. The van der Waals surface area contributed by atoms with Gasteiger partial charge in [0, 0.05) is 12.1 Å². The van der Waals surface area contributed by atoms with Gasteiger partial charge < -0.3 is 10.2 Å². The number of hydrogen-bond acceptors (Lipinski definition) is 3. The van der Waals surface area contributed by atoms with Gasteiger partial charge in [-0.2, -0.15) is 18.3 Å². The summed E-state index contributed by atoms with van der Waals surface area (Å²) in [6, 6.07) is 22.9. The van der Waals surface area contributed by atoms with E-state index >= 15 is 0 Å². The van der Waals surface area contributed by atoms with Gasteiger partial charge in [-0.25, -0.2) is 4.68 Å². The largest absolute Gasteiger partial charge is 0.410 e. The maximum Gasteiger partial charge on any atom is 0.410 e. The van der Waals surface area contributed by atoms with E-state index in [2.05, 4.69) is 10.4 Å². The monoisotopic (exact) mass is 524 g/mol. The highest BCUT2D eigenvalue weighted by Gasteiger charge is 2.48. The first-order valence-corrected chi connectivity index (χ1v) is 12.2. The Labute approximate surface area is 217 Å². The molecule has 0 aliphatic carbocycles. The third-order valence-corrected chi connectivity index (χ3v) is 6.83. The minimum Gasteiger partial charge on any atom is -0.362 e. The average molecular weight is 525 g/mol. The van der Waals surface area contributed by atoms with E-state index in [1.807, 2.05) is 55.5 Å². The molecule has 0 saturated heterocycles. The molecule has 4 aromatic rings. The Hall–Kier alpha value is -3.78. The number of aryl methyl sites for hydroxylation is 1. The van der Waals surface area contributed by atoms with Crippen molar-refractivity contribution >= 4 is 29.0 Å². The second-order valence-electron chi connectivity index (χ2n) is 9.07. The van der Waals surface area contributed by atoms with Crippen molar-refractivity contribution in [1.29, 1.82) is 0 Å². The Morgan fingerprint density at radius 2 is 1.65 bits per heavy atom. The fourth-order valence-corrected chi connectivity index (χ4v) is 4.79. The number of carbonyl (C=O) groups excluding carboxylic acids is 1. The Kier molecular flexibility index (Phi) is 6.69. The lowest BCUT2D eigenvalue weighted by Gasteiger charge is -2.33. The molecule has 5 rings (SSSR count). The minimum atomic E-state index is -4.58. The first-order valence-electron chi connectivity index (χ1n) is 11.8. The molecule has 1 aliphatic rings. The van der Waals surface area contributed by atoms with E-state index in [-0.39, 0.29) is 29.5 Å². The zero-order chi connectivity index (χ0) is 26.2. The quantitative estimate of drug-likeness (QED) is 0.297. The number of fused-ring (bicyclic) bond motifs is 1. The summed E-state index contributed by atoms with van der Waals surface area (Å²) in [5.74, 6) is -0.603. The van der Waals surface area contributed by atoms with Gasteiger partial charge in [-0.1, -0.05) is 90.0 Å². The molecule has 9 heteroatoms. The number of aromatic nitrogens is 2. The third-order valence-electron chi connectivity index (χ3n) is 6.47. The molecule has 3 aromatic carbocycles. The van der Waals surface area contributed by atoms with Crippen molar-refractivity contribution in [1.82, 2.24) is 9.78 Å². The maximum absolute atomic E-state index is 14.2. The molecule has 0 unspecified atom stereocenters. The van der Waals surface area contributed by atoms with Crippen LogP contribution < -0.4 is 10.2 Å². The Bertz CT molecular complexity index is 1390. The van der Waals surface area contributed by atoms with Gasteiger partial charge in [0.05, 0.1) is 12.6 Å². The van der Waals surface area contributed by atoms with Gasteiger partial charge in [0.15, 0.2) is 11.7 Å². The number of nitrogens with one attached hydrogen (secondary N) is 1. The molecule has 1 aliphatic heterocycles. The smallest absolute Gasteiger partial charge is 0.362 e. The van der Waals surface area contributed by atoms with E-state index in [4.69, 9.17) is 11.6 Å². The van der Waals surface area contributed by atoms with Crippen molar-refractivity contribution in [3.8, 4) is 0 Å². The number of nitrogens with zero attached hydrogens (tertiary/aromatic N) is 3. The lowest BCUT2D eigenvalue weighted by Crippen LogP contribution is -2.36. The van der Waals surface area contributed by atoms with Gasteiger partial charge in [-0.3, -0.25) is 4.79 Å². The number of alkyl halides is 3. The van der Waals surface area contributed by atoms with Crippen molar-refractivity contribution in [2.45, 2.75) is 38.1 Å². The molecule has 1 amide bonds. The standard InChI is InChI=1S/C28H24ClF3N4O/c1-18-12-14-20(15-13-18)22-16-23(28(30,31)32)36-26(33-22)24(29)25(34-36)27(37)35(21-10-6-3-7-11-21)17-19-8-4-2-5-9-19/h2-15,22-23,33H,16-17H2,1H3/t22-,23-/m1/s1. The van der Waals surface area contributed by atoms with Gasteiger partial charge in [-0.05, 0) is 30.2 Å². The zero-order valence-corrected chi connectivity index (χ0v) is 20.7. The molecule has 5 nitrogen and oxygen atoms in total. The molecule has 1 aromatic heterocycles. The van der Waals surface area contributed by atoms with Crippen molar-refractivity contribution in [3.05, 3.63) is 112 Å². The molecular formula is C28H24ClF3N4O. The van der Waals surface area contributed by atoms with Gasteiger partial charge in [0.25, 0.3) is 5.91 Å². The number of benzene rings is 3. The molecule has 0 bridgehead atoms. The fraction of sp³-hybridized carbons (Fsp3) is 0.214. The first kappa shape index (κ1) is 24.9. The lowest BCUT2D eigenvalue weighted by molar-refractivity contribution is -0.173. The van der Waals surface area contributed by atoms with Crippen LogP contribution in [0, 0.1) is 6.92 Å². The van der Waals surface area contributed by atoms with Crippen LogP contribution in [0.5, 0.6) is 0 Å². The van der Waals surface area contributed by atoms with E-state index in [0.717, 1.165) is 15.8 Å². The van der Waals surface area contributed by atoms with E-state index < -0.39 is 24.2 Å². The normalized spacial score (nSPS) is 17.1. The van der Waals surface area contributed by atoms with Crippen LogP contribution in [0.1, 0.15) is 45.7 Å². The molecule has 0 radical (unpaired) electrons. The molecule has 0 fully saturated rings. The number of anilines is 2. The number of hydrogen-bond donors (Lipinski definition) is 1. The summed E-state index contributed by atoms with van der Waals surface area (Å²) in [7, 11) is 0. The van der Waals surface area contributed by atoms with Crippen molar-refractivity contribution in [2.24, 2.45) is 0 Å². The number of amides is 1. The summed E-state index contributed by atoms with van der Waals surface area (Å²) in [6.07, 6.45) is -4.86. The molecule has 1 N–H and O–H groups in total. The van der Waals surface area contributed by atoms with E-state index in [1.54, 1.807) is 36.4 Å². The summed E-state index contributed by atoms with van der Waals surface area (Å²) in [4.78, 5) is 15.3.